The van der Waals surface area contributed by atoms with Crippen LogP contribution in [0, 0.1) is 13.8 Å². The molecule has 0 aliphatic heterocycles. The van der Waals surface area contributed by atoms with E-state index in [0.29, 0.717) is 6.42 Å². The lowest BCUT2D eigenvalue weighted by Crippen LogP contribution is -2.32. The Labute approximate surface area is 134 Å². The van der Waals surface area contributed by atoms with Crippen molar-refractivity contribution in [3.63, 3.8) is 0 Å². The fourth-order valence-electron chi connectivity index (χ4n) is 3.08. The lowest BCUT2D eigenvalue weighted by Gasteiger charge is -2.09. The Bertz CT molecular complexity index is 866. The van der Waals surface area contributed by atoms with Gasteiger partial charge in [0.2, 0.25) is 0 Å². The minimum Gasteiger partial charge on any atom is -0.480 e. The third-order valence-corrected chi connectivity index (χ3v) is 4.16. The zero-order valence-electron chi connectivity index (χ0n) is 13.3. The number of fused-ring (bicyclic) bond motifs is 1. The van der Waals surface area contributed by atoms with Crippen molar-refractivity contribution in [2.24, 2.45) is 5.73 Å². The van der Waals surface area contributed by atoms with Gasteiger partial charge in [0.15, 0.2) is 0 Å². The van der Waals surface area contributed by atoms with Crippen molar-refractivity contribution in [3.05, 3.63) is 59.2 Å². The number of rotatable bonds is 4. The highest BCUT2D eigenvalue weighted by Gasteiger charge is 2.20. The summed E-state index contributed by atoms with van der Waals surface area (Å²) in [6.45, 7) is 4.10. The normalized spacial score (nSPS) is 12.5. The molecule has 0 radical (unpaired) electrons. The van der Waals surface area contributed by atoms with Crippen LogP contribution < -0.4 is 5.73 Å². The second-order valence-electron chi connectivity index (χ2n) is 6.00. The zero-order valence-corrected chi connectivity index (χ0v) is 13.3. The highest BCUT2D eigenvalue weighted by molar-refractivity contribution is 5.94. The van der Waals surface area contributed by atoms with Crippen LogP contribution in [0.1, 0.15) is 16.7 Å². The Hall–Kier alpha value is -2.59. The van der Waals surface area contributed by atoms with Crippen LogP contribution in [0.5, 0.6) is 0 Å². The molecule has 0 saturated carbocycles. The Balaban J connectivity index is 2.26. The number of hydrogen-bond donors (Lipinski definition) is 3. The third-order valence-electron chi connectivity index (χ3n) is 4.16. The summed E-state index contributed by atoms with van der Waals surface area (Å²) in [6.07, 6.45) is 0.294. The fraction of sp³-hybridized carbons (Fsp3) is 0.211. The predicted molar refractivity (Wildman–Crippen MR) is 92.5 cm³/mol. The Morgan fingerprint density at radius 3 is 2.57 bits per heavy atom. The maximum atomic E-state index is 11.2. The Morgan fingerprint density at radius 2 is 1.91 bits per heavy atom. The predicted octanol–water partition coefficient (Wildman–Crippen LogP) is 3.41. The molecule has 4 nitrogen and oxygen atoms in total. The molecule has 0 aliphatic carbocycles. The van der Waals surface area contributed by atoms with Crippen LogP contribution >= 0.6 is 0 Å². The molecule has 23 heavy (non-hydrogen) atoms. The molecule has 1 aromatic heterocycles. The number of aliphatic carboxylic acids is 1. The van der Waals surface area contributed by atoms with E-state index in [0.717, 1.165) is 38.9 Å². The number of carbonyl (C=O) groups is 1. The molecule has 0 unspecified atom stereocenters. The molecule has 4 heteroatoms. The van der Waals surface area contributed by atoms with Crippen LogP contribution in [0.25, 0.3) is 22.2 Å². The van der Waals surface area contributed by atoms with E-state index in [2.05, 4.69) is 24.0 Å². The first-order valence-electron chi connectivity index (χ1n) is 7.63. The molecule has 0 saturated heterocycles. The van der Waals surface area contributed by atoms with Gasteiger partial charge in [-0.05, 0) is 36.6 Å². The first-order chi connectivity index (χ1) is 11.0. The van der Waals surface area contributed by atoms with E-state index in [9.17, 15) is 9.90 Å². The second kappa shape index (κ2) is 5.89. The summed E-state index contributed by atoms with van der Waals surface area (Å²) in [5.41, 5.74) is 12.1. The minimum atomic E-state index is -0.984. The summed E-state index contributed by atoms with van der Waals surface area (Å²) >= 11 is 0. The molecule has 0 aliphatic rings. The molecule has 0 spiro atoms. The van der Waals surface area contributed by atoms with Crippen LogP contribution in [0.3, 0.4) is 0 Å². The topological polar surface area (TPSA) is 79.1 Å². The van der Waals surface area contributed by atoms with Crippen molar-refractivity contribution >= 4 is 16.9 Å². The van der Waals surface area contributed by atoms with Crippen molar-refractivity contribution in [3.8, 4) is 11.3 Å². The average Bonchev–Trinajstić information content (AvgIpc) is 2.87. The van der Waals surface area contributed by atoms with Crippen LogP contribution in [-0.2, 0) is 11.2 Å². The number of nitrogens with one attached hydrogen (secondary N) is 1. The van der Waals surface area contributed by atoms with E-state index in [1.165, 1.54) is 0 Å². The monoisotopic (exact) mass is 308 g/mol. The van der Waals surface area contributed by atoms with Gasteiger partial charge in [-0.2, -0.15) is 0 Å². The number of hydrogen-bond acceptors (Lipinski definition) is 2. The second-order valence-corrected chi connectivity index (χ2v) is 6.00. The zero-order chi connectivity index (χ0) is 16.6. The molecular formula is C19H20N2O2. The van der Waals surface area contributed by atoms with Gasteiger partial charge in [0.05, 0.1) is 0 Å². The lowest BCUT2D eigenvalue weighted by molar-refractivity contribution is -0.138. The van der Waals surface area contributed by atoms with E-state index in [1.807, 2.05) is 37.3 Å². The average molecular weight is 308 g/mol. The first kappa shape index (κ1) is 15.3. The summed E-state index contributed by atoms with van der Waals surface area (Å²) in [7, 11) is 0. The number of carboxylic acids is 1. The van der Waals surface area contributed by atoms with Crippen molar-refractivity contribution < 1.29 is 9.90 Å². The molecule has 1 heterocycles. The van der Waals surface area contributed by atoms with Crippen LogP contribution in [0.2, 0.25) is 0 Å². The molecule has 3 rings (SSSR count). The van der Waals surface area contributed by atoms with Crippen molar-refractivity contribution in [1.29, 1.82) is 0 Å². The van der Waals surface area contributed by atoms with E-state index >= 15 is 0 Å². The number of aromatic amines is 1. The number of nitrogens with two attached hydrogens (primary N) is 1. The number of benzene rings is 2. The smallest absolute Gasteiger partial charge is 0.320 e. The minimum absolute atomic E-state index is 0.294. The summed E-state index contributed by atoms with van der Waals surface area (Å²) in [5, 5.41) is 10.2. The van der Waals surface area contributed by atoms with Gasteiger partial charge >= 0.3 is 5.97 Å². The van der Waals surface area contributed by atoms with E-state index in [1.54, 1.807) is 0 Å². The largest absolute Gasteiger partial charge is 0.480 e. The van der Waals surface area contributed by atoms with Gasteiger partial charge in [0.1, 0.15) is 6.04 Å². The third kappa shape index (κ3) is 2.85. The van der Waals surface area contributed by atoms with Crippen LogP contribution in [0.4, 0.5) is 0 Å². The van der Waals surface area contributed by atoms with Crippen LogP contribution in [0.15, 0.2) is 42.5 Å². The molecule has 3 aromatic rings. The van der Waals surface area contributed by atoms with Crippen molar-refractivity contribution in [2.75, 3.05) is 0 Å². The summed E-state index contributed by atoms with van der Waals surface area (Å²) in [4.78, 5) is 14.7. The summed E-state index contributed by atoms with van der Waals surface area (Å²) in [5.74, 6) is -0.984. The van der Waals surface area contributed by atoms with Crippen molar-refractivity contribution in [2.45, 2.75) is 26.3 Å². The van der Waals surface area contributed by atoms with E-state index in [-0.39, 0.29) is 0 Å². The van der Waals surface area contributed by atoms with Crippen LogP contribution in [-0.4, -0.2) is 22.1 Å². The molecule has 1 atom stereocenters. The Morgan fingerprint density at radius 1 is 1.22 bits per heavy atom. The first-order valence-corrected chi connectivity index (χ1v) is 7.63. The molecular weight excluding hydrogens is 288 g/mol. The van der Waals surface area contributed by atoms with Gasteiger partial charge in [-0.1, -0.05) is 42.0 Å². The molecule has 0 bridgehead atoms. The van der Waals surface area contributed by atoms with Gasteiger partial charge in [0, 0.05) is 23.0 Å². The maximum absolute atomic E-state index is 11.2. The van der Waals surface area contributed by atoms with Crippen molar-refractivity contribution in [1.82, 2.24) is 4.98 Å². The molecule has 4 N–H and O–H groups in total. The maximum Gasteiger partial charge on any atom is 0.320 e. The standard InChI is InChI=1S/C19H20N2O2/c1-11-8-12(2)17-14(9-11)15(10-16(20)19(22)23)18(21-17)13-6-4-3-5-7-13/h3-9,16,21H,10,20H2,1-2H3,(H,22,23)/t16-/m0/s1. The molecule has 2 aromatic carbocycles. The Kier molecular flexibility index (Phi) is 3.92. The van der Waals surface area contributed by atoms with Gasteiger partial charge < -0.3 is 15.8 Å². The van der Waals surface area contributed by atoms with E-state index in [4.69, 9.17) is 5.73 Å². The highest BCUT2D eigenvalue weighted by atomic mass is 16.4. The number of carboxylic acid groups (broad SMARTS) is 1. The van der Waals surface area contributed by atoms with E-state index < -0.39 is 12.0 Å². The number of aromatic nitrogens is 1. The summed E-state index contributed by atoms with van der Waals surface area (Å²) in [6, 6.07) is 13.2. The molecule has 0 fully saturated rings. The quantitative estimate of drug-likeness (QED) is 0.691. The fourth-order valence-corrected chi connectivity index (χ4v) is 3.08. The van der Waals surface area contributed by atoms with Gasteiger partial charge in [0.25, 0.3) is 0 Å². The summed E-state index contributed by atoms with van der Waals surface area (Å²) < 4.78 is 0. The van der Waals surface area contributed by atoms with Gasteiger partial charge in [-0.25, -0.2) is 0 Å². The SMILES string of the molecule is Cc1cc(C)c2[nH]c(-c3ccccc3)c(C[C@H](N)C(=O)O)c2c1. The van der Waals surface area contributed by atoms with Gasteiger partial charge in [-0.15, -0.1) is 0 Å². The number of H-pyrrole nitrogens is 1. The number of aryl methyl sites for hydroxylation is 2. The van der Waals surface area contributed by atoms with Gasteiger partial charge in [-0.3, -0.25) is 4.79 Å². The molecule has 118 valence electrons. The molecule has 0 amide bonds. The highest BCUT2D eigenvalue weighted by Crippen LogP contribution is 2.33. The lowest BCUT2D eigenvalue weighted by atomic mass is 9.97.